The zero-order valence-electron chi connectivity index (χ0n) is 16.2. The van der Waals surface area contributed by atoms with Gasteiger partial charge in [-0.1, -0.05) is 48.0 Å². The van der Waals surface area contributed by atoms with Gasteiger partial charge >= 0.3 is 0 Å². The smallest absolute Gasteiger partial charge is 0.257 e. The summed E-state index contributed by atoms with van der Waals surface area (Å²) in [6.07, 6.45) is 3.02. The number of para-hydroxylation sites is 1. The van der Waals surface area contributed by atoms with Crippen molar-refractivity contribution in [2.75, 3.05) is 10.6 Å². The van der Waals surface area contributed by atoms with Crippen LogP contribution in [0.4, 0.5) is 11.4 Å². The third-order valence-corrected chi connectivity index (χ3v) is 4.86. The molecule has 2 N–H and O–H groups in total. The summed E-state index contributed by atoms with van der Waals surface area (Å²) in [6.45, 7) is 4.01. The average molecular weight is 405 g/mol. The molecule has 0 aliphatic carbocycles. The lowest BCUT2D eigenvalue weighted by Crippen LogP contribution is -2.17. The molecular formula is C24H21ClN2O2. The molecule has 0 unspecified atom stereocenters. The number of rotatable bonds is 5. The number of anilines is 2. The fourth-order valence-corrected chi connectivity index (χ4v) is 2.96. The predicted octanol–water partition coefficient (Wildman–Crippen LogP) is 5.86. The van der Waals surface area contributed by atoms with Gasteiger partial charge in [0, 0.05) is 16.8 Å². The van der Waals surface area contributed by atoms with Gasteiger partial charge in [0.2, 0.25) is 5.91 Å². The molecular weight excluding hydrogens is 384 g/mol. The topological polar surface area (TPSA) is 58.2 Å². The van der Waals surface area contributed by atoms with Crippen LogP contribution in [0.2, 0.25) is 5.02 Å². The van der Waals surface area contributed by atoms with Gasteiger partial charge in [-0.15, -0.1) is 0 Å². The summed E-state index contributed by atoms with van der Waals surface area (Å²) in [5.74, 6) is -0.643. The van der Waals surface area contributed by atoms with E-state index >= 15 is 0 Å². The molecule has 3 aromatic rings. The zero-order valence-corrected chi connectivity index (χ0v) is 17.0. The number of nitrogens with one attached hydrogen (secondary N) is 2. The number of hydrogen-bond donors (Lipinski definition) is 2. The van der Waals surface area contributed by atoms with E-state index in [1.807, 2.05) is 50.2 Å². The van der Waals surface area contributed by atoms with Crippen LogP contribution in [-0.2, 0) is 4.79 Å². The number of carbonyl (C=O) groups excluding carboxylic acids is 2. The molecule has 0 heterocycles. The predicted molar refractivity (Wildman–Crippen MR) is 119 cm³/mol. The van der Waals surface area contributed by atoms with Crippen molar-refractivity contribution in [3.63, 3.8) is 0 Å². The van der Waals surface area contributed by atoms with Crippen LogP contribution < -0.4 is 10.6 Å². The van der Waals surface area contributed by atoms with E-state index in [2.05, 4.69) is 10.6 Å². The fraction of sp³-hybridized carbons (Fsp3) is 0.0833. The molecule has 0 aromatic heterocycles. The van der Waals surface area contributed by atoms with Crippen LogP contribution in [0.15, 0.2) is 72.8 Å². The lowest BCUT2D eigenvalue weighted by Gasteiger charge is -2.11. The summed E-state index contributed by atoms with van der Waals surface area (Å²) in [7, 11) is 0. The second-order valence-corrected chi connectivity index (χ2v) is 7.05. The third kappa shape index (κ3) is 5.33. The summed E-state index contributed by atoms with van der Waals surface area (Å²) >= 11 is 6.10. The molecule has 2 amide bonds. The maximum absolute atomic E-state index is 12.7. The van der Waals surface area contributed by atoms with E-state index in [1.165, 1.54) is 6.08 Å². The van der Waals surface area contributed by atoms with E-state index in [1.54, 1.807) is 36.4 Å². The molecule has 29 heavy (non-hydrogen) atoms. The molecule has 0 saturated heterocycles. The lowest BCUT2D eigenvalue weighted by molar-refractivity contribution is -0.111. The van der Waals surface area contributed by atoms with Crippen molar-refractivity contribution < 1.29 is 9.59 Å². The molecule has 3 rings (SSSR count). The minimum Gasteiger partial charge on any atom is -0.322 e. The second-order valence-electron chi connectivity index (χ2n) is 6.64. The summed E-state index contributed by atoms with van der Waals surface area (Å²) in [5, 5.41) is 6.20. The van der Waals surface area contributed by atoms with Crippen molar-refractivity contribution in [3.8, 4) is 0 Å². The first-order valence-electron chi connectivity index (χ1n) is 9.15. The Kier molecular flexibility index (Phi) is 6.47. The van der Waals surface area contributed by atoms with E-state index < -0.39 is 0 Å². The highest BCUT2D eigenvalue weighted by molar-refractivity contribution is 6.32. The van der Waals surface area contributed by atoms with Crippen LogP contribution in [0.5, 0.6) is 0 Å². The standard InChI is InChI=1S/C24H21ClN2O2/c1-16-11-13-19(15-17(16)2)26-24(29)20-8-4-6-10-22(20)27-23(28)14-12-18-7-3-5-9-21(18)25/h3-15H,1-2H3,(H,26,29)(H,27,28)/b14-12+. The van der Waals surface area contributed by atoms with Crippen LogP contribution in [0.1, 0.15) is 27.0 Å². The Morgan fingerprint density at radius 3 is 2.34 bits per heavy atom. The van der Waals surface area contributed by atoms with Gasteiger partial charge < -0.3 is 10.6 Å². The second kappa shape index (κ2) is 9.22. The highest BCUT2D eigenvalue weighted by atomic mass is 35.5. The van der Waals surface area contributed by atoms with Gasteiger partial charge in [0.25, 0.3) is 5.91 Å². The minimum absolute atomic E-state index is 0.292. The number of halogens is 1. The molecule has 0 saturated carbocycles. The van der Waals surface area contributed by atoms with Gasteiger partial charge in [0.05, 0.1) is 11.3 Å². The molecule has 4 nitrogen and oxygen atoms in total. The highest BCUT2D eigenvalue weighted by Gasteiger charge is 2.13. The van der Waals surface area contributed by atoms with Crippen LogP contribution in [0.25, 0.3) is 6.08 Å². The van der Waals surface area contributed by atoms with Crippen molar-refractivity contribution in [3.05, 3.63) is 100 Å². The number of carbonyl (C=O) groups is 2. The van der Waals surface area contributed by atoms with Gasteiger partial charge in [-0.05, 0) is 66.9 Å². The van der Waals surface area contributed by atoms with Gasteiger partial charge in [0.1, 0.15) is 0 Å². The molecule has 0 atom stereocenters. The van der Waals surface area contributed by atoms with Crippen LogP contribution in [0, 0.1) is 13.8 Å². The molecule has 0 fully saturated rings. The number of hydrogen-bond acceptors (Lipinski definition) is 2. The third-order valence-electron chi connectivity index (χ3n) is 4.51. The van der Waals surface area contributed by atoms with Crippen molar-refractivity contribution in [2.24, 2.45) is 0 Å². The maximum Gasteiger partial charge on any atom is 0.257 e. The first-order chi connectivity index (χ1) is 13.9. The minimum atomic E-state index is -0.351. The Bertz CT molecular complexity index is 1090. The van der Waals surface area contributed by atoms with E-state index in [9.17, 15) is 9.59 Å². The number of aryl methyl sites for hydroxylation is 2. The van der Waals surface area contributed by atoms with Crippen LogP contribution >= 0.6 is 11.6 Å². The van der Waals surface area contributed by atoms with E-state index in [0.29, 0.717) is 22.0 Å². The first-order valence-corrected chi connectivity index (χ1v) is 9.53. The summed E-state index contributed by atoms with van der Waals surface area (Å²) in [4.78, 5) is 25.1. The molecule has 0 radical (unpaired) electrons. The van der Waals surface area contributed by atoms with E-state index in [0.717, 1.165) is 16.7 Å². The largest absolute Gasteiger partial charge is 0.322 e. The maximum atomic E-state index is 12.7. The zero-order chi connectivity index (χ0) is 20.8. The Morgan fingerprint density at radius 2 is 1.59 bits per heavy atom. The summed E-state index contributed by atoms with van der Waals surface area (Å²) < 4.78 is 0. The number of amides is 2. The highest BCUT2D eigenvalue weighted by Crippen LogP contribution is 2.20. The summed E-state index contributed by atoms with van der Waals surface area (Å²) in [6, 6.07) is 19.8. The Balaban J connectivity index is 1.74. The lowest BCUT2D eigenvalue weighted by atomic mass is 10.1. The molecule has 3 aromatic carbocycles. The van der Waals surface area contributed by atoms with Gasteiger partial charge in [0.15, 0.2) is 0 Å². The van der Waals surface area contributed by atoms with Gasteiger partial charge in [-0.2, -0.15) is 0 Å². The van der Waals surface area contributed by atoms with Crippen molar-refractivity contribution in [1.29, 1.82) is 0 Å². The van der Waals surface area contributed by atoms with Gasteiger partial charge in [-0.25, -0.2) is 0 Å². The van der Waals surface area contributed by atoms with E-state index in [4.69, 9.17) is 11.6 Å². The fourth-order valence-electron chi connectivity index (χ4n) is 2.76. The van der Waals surface area contributed by atoms with Crippen LogP contribution in [0.3, 0.4) is 0 Å². The van der Waals surface area contributed by atoms with Crippen LogP contribution in [-0.4, -0.2) is 11.8 Å². The Labute approximate surface area is 175 Å². The first kappa shape index (κ1) is 20.4. The van der Waals surface area contributed by atoms with Crippen molar-refractivity contribution >= 4 is 40.9 Å². The molecule has 0 aliphatic rings. The van der Waals surface area contributed by atoms with Crippen molar-refractivity contribution in [1.82, 2.24) is 0 Å². The molecule has 0 aliphatic heterocycles. The molecule has 0 spiro atoms. The van der Waals surface area contributed by atoms with Gasteiger partial charge in [-0.3, -0.25) is 9.59 Å². The summed E-state index contributed by atoms with van der Waals surface area (Å²) in [5.41, 5.74) is 4.51. The quantitative estimate of drug-likeness (QED) is 0.523. The average Bonchev–Trinajstić information content (AvgIpc) is 2.70. The number of benzene rings is 3. The van der Waals surface area contributed by atoms with Crippen molar-refractivity contribution in [2.45, 2.75) is 13.8 Å². The molecule has 146 valence electrons. The SMILES string of the molecule is Cc1ccc(NC(=O)c2ccccc2NC(=O)/C=C/c2ccccc2Cl)cc1C. The van der Waals surface area contributed by atoms with E-state index in [-0.39, 0.29) is 11.8 Å². The monoisotopic (exact) mass is 404 g/mol. The normalized spacial score (nSPS) is 10.7. The Morgan fingerprint density at radius 1 is 0.862 bits per heavy atom. The molecule has 0 bridgehead atoms. The molecule has 5 heteroatoms. The Hall–Kier alpha value is -3.37.